The van der Waals surface area contributed by atoms with Gasteiger partial charge in [0, 0.05) is 23.2 Å². The molecule has 1 atom stereocenters. The lowest BCUT2D eigenvalue weighted by Gasteiger charge is -2.19. The highest BCUT2D eigenvalue weighted by molar-refractivity contribution is 6.30. The van der Waals surface area contributed by atoms with E-state index >= 15 is 0 Å². The molecule has 2 N–H and O–H groups in total. The van der Waals surface area contributed by atoms with Gasteiger partial charge in [-0.05, 0) is 42.0 Å². The van der Waals surface area contributed by atoms with E-state index < -0.39 is 28.4 Å². The molecule has 0 radical (unpaired) electrons. The molecule has 31 heavy (non-hydrogen) atoms. The Labute approximate surface area is 178 Å². The van der Waals surface area contributed by atoms with Crippen LogP contribution in [-0.4, -0.2) is 15.8 Å². The molecule has 0 bridgehead atoms. The average Bonchev–Trinajstić information content (AvgIpc) is 3.26. The molecule has 0 amide bonds. The second-order valence-corrected chi connectivity index (χ2v) is 6.89. The minimum Gasteiger partial charge on any atom is -0.467 e. The van der Waals surface area contributed by atoms with Crippen LogP contribution in [0.25, 0.3) is 0 Å². The minimum absolute atomic E-state index is 0.0206. The topological polar surface area (TPSA) is 101 Å². The number of benzene rings is 2. The predicted octanol–water partition coefficient (Wildman–Crippen LogP) is 6.28. The maximum atomic E-state index is 13.3. The fourth-order valence-corrected chi connectivity index (χ4v) is 3.10. The molecule has 1 unspecified atom stereocenters. The maximum Gasteiger partial charge on any atom is 0.423 e. The van der Waals surface area contributed by atoms with Gasteiger partial charge in [0.1, 0.15) is 11.3 Å². The van der Waals surface area contributed by atoms with E-state index in [2.05, 4.69) is 10.5 Å². The molecule has 0 fully saturated rings. The van der Waals surface area contributed by atoms with E-state index in [1.807, 2.05) is 0 Å². The molecule has 0 aliphatic carbocycles. The molecule has 0 saturated heterocycles. The number of anilines is 1. The third-order valence-corrected chi connectivity index (χ3v) is 4.67. The minimum atomic E-state index is -4.92. The summed E-state index contributed by atoms with van der Waals surface area (Å²) >= 11 is 5.87. The van der Waals surface area contributed by atoms with E-state index in [9.17, 15) is 28.5 Å². The van der Waals surface area contributed by atoms with Crippen LogP contribution in [0.5, 0.6) is 0 Å². The van der Waals surface area contributed by atoms with Gasteiger partial charge in [0.2, 0.25) is 0 Å². The van der Waals surface area contributed by atoms with Crippen molar-refractivity contribution in [3.05, 3.63) is 92.9 Å². The van der Waals surface area contributed by atoms with Gasteiger partial charge in [-0.3, -0.25) is 10.1 Å². The summed E-state index contributed by atoms with van der Waals surface area (Å²) in [6.07, 6.45) is -3.50. The van der Waals surface area contributed by atoms with Crippen molar-refractivity contribution in [2.45, 2.75) is 18.6 Å². The number of furan rings is 1. The molecule has 0 aliphatic rings. The number of alkyl halides is 3. The zero-order chi connectivity index (χ0) is 22.6. The van der Waals surface area contributed by atoms with Gasteiger partial charge >= 0.3 is 6.18 Å². The van der Waals surface area contributed by atoms with E-state index in [0.717, 1.165) is 6.07 Å². The zero-order valence-electron chi connectivity index (χ0n) is 15.6. The van der Waals surface area contributed by atoms with Crippen LogP contribution in [0.15, 0.2) is 70.4 Å². The SMILES string of the molecule is O=[N+]([O-])c1ccc(NC(CC(=NO)c2ccc(Cl)cc2)c2ccco2)cc1C(F)(F)F. The molecule has 1 heterocycles. The van der Waals surface area contributed by atoms with Crippen LogP contribution in [-0.2, 0) is 6.18 Å². The van der Waals surface area contributed by atoms with E-state index in [1.54, 1.807) is 36.4 Å². The fourth-order valence-electron chi connectivity index (χ4n) is 2.98. The molecular formula is C20H15ClF3N3O4. The summed E-state index contributed by atoms with van der Waals surface area (Å²) in [5, 5.41) is 27.1. The number of nitrogens with zero attached hydrogens (tertiary/aromatic N) is 2. The molecule has 0 saturated carbocycles. The third kappa shape index (κ3) is 5.34. The molecule has 2 aromatic carbocycles. The summed E-state index contributed by atoms with van der Waals surface area (Å²) in [4.78, 5) is 9.88. The second-order valence-electron chi connectivity index (χ2n) is 6.46. The van der Waals surface area contributed by atoms with Gasteiger partial charge in [-0.1, -0.05) is 28.9 Å². The van der Waals surface area contributed by atoms with E-state index in [-0.39, 0.29) is 17.8 Å². The quantitative estimate of drug-likeness (QED) is 0.190. The van der Waals surface area contributed by atoms with Gasteiger partial charge in [0.05, 0.1) is 22.9 Å². The van der Waals surface area contributed by atoms with Gasteiger partial charge in [-0.25, -0.2) is 0 Å². The van der Waals surface area contributed by atoms with Crippen LogP contribution in [0.1, 0.15) is 29.3 Å². The molecule has 3 rings (SSSR count). The molecule has 162 valence electrons. The van der Waals surface area contributed by atoms with Gasteiger partial charge in [0.25, 0.3) is 5.69 Å². The average molecular weight is 454 g/mol. The van der Waals surface area contributed by atoms with Gasteiger partial charge < -0.3 is 14.9 Å². The molecule has 0 aliphatic heterocycles. The number of rotatable bonds is 7. The highest BCUT2D eigenvalue weighted by Gasteiger charge is 2.38. The lowest BCUT2D eigenvalue weighted by Crippen LogP contribution is -2.17. The Morgan fingerprint density at radius 2 is 1.94 bits per heavy atom. The standard InChI is InChI=1S/C20H15ClF3N3O4/c21-13-5-3-12(4-6-13)16(26-28)11-17(19-2-1-9-31-19)25-14-7-8-18(27(29)30)15(10-14)20(22,23)24/h1-10,17,25,28H,11H2. The largest absolute Gasteiger partial charge is 0.467 e. The normalized spacial score (nSPS) is 13.1. The summed E-state index contributed by atoms with van der Waals surface area (Å²) in [5.41, 5.74) is -1.68. The van der Waals surface area contributed by atoms with Crippen molar-refractivity contribution in [1.29, 1.82) is 0 Å². The van der Waals surface area contributed by atoms with E-state index in [1.165, 1.54) is 12.3 Å². The number of halogens is 4. The zero-order valence-corrected chi connectivity index (χ0v) is 16.4. The highest BCUT2D eigenvalue weighted by Crippen LogP contribution is 2.38. The van der Waals surface area contributed by atoms with Crippen LogP contribution in [0.4, 0.5) is 24.5 Å². The van der Waals surface area contributed by atoms with Crippen LogP contribution >= 0.6 is 11.6 Å². The van der Waals surface area contributed by atoms with Crippen LogP contribution < -0.4 is 5.32 Å². The van der Waals surface area contributed by atoms with Crippen molar-refractivity contribution >= 4 is 28.7 Å². The Balaban J connectivity index is 1.94. The van der Waals surface area contributed by atoms with Crippen molar-refractivity contribution in [3.8, 4) is 0 Å². The summed E-state index contributed by atoms with van der Waals surface area (Å²) in [6.45, 7) is 0. The van der Waals surface area contributed by atoms with Gasteiger partial charge in [-0.15, -0.1) is 0 Å². The Kier molecular flexibility index (Phi) is 6.50. The molecule has 1 aromatic heterocycles. The number of hydrogen-bond donors (Lipinski definition) is 2. The molecule has 11 heteroatoms. The first-order valence-electron chi connectivity index (χ1n) is 8.81. The number of oxime groups is 1. The van der Waals surface area contributed by atoms with Crippen molar-refractivity contribution in [3.63, 3.8) is 0 Å². The van der Waals surface area contributed by atoms with Crippen molar-refractivity contribution in [2.24, 2.45) is 5.16 Å². The number of nitro groups is 1. The summed E-state index contributed by atoms with van der Waals surface area (Å²) in [5.74, 6) is 0.363. The Morgan fingerprint density at radius 3 is 2.48 bits per heavy atom. The summed E-state index contributed by atoms with van der Waals surface area (Å²) in [7, 11) is 0. The number of nitrogens with one attached hydrogen (secondary N) is 1. The highest BCUT2D eigenvalue weighted by atomic mass is 35.5. The smallest absolute Gasteiger partial charge is 0.423 e. The number of nitro benzene ring substituents is 1. The Bertz CT molecular complexity index is 1080. The summed E-state index contributed by atoms with van der Waals surface area (Å²) < 4.78 is 45.3. The monoisotopic (exact) mass is 453 g/mol. The second kappa shape index (κ2) is 9.09. The molecule has 3 aromatic rings. The van der Waals surface area contributed by atoms with Crippen molar-refractivity contribution in [1.82, 2.24) is 0 Å². The van der Waals surface area contributed by atoms with Crippen LogP contribution in [0.3, 0.4) is 0 Å². The molecule has 7 nitrogen and oxygen atoms in total. The maximum absolute atomic E-state index is 13.3. The van der Waals surface area contributed by atoms with Gasteiger partial charge in [0.15, 0.2) is 0 Å². The predicted molar refractivity (Wildman–Crippen MR) is 108 cm³/mol. The number of hydrogen-bond acceptors (Lipinski definition) is 6. The Hall–Kier alpha value is -3.53. The first-order chi connectivity index (χ1) is 14.7. The lowest BCUT2D eigenvalue weighted by molar-refractivity contribution is -0.388. The third-order valence-electron chi connectivity index (χ3n) is 4.42. The van der Waals surface area contributed by atoms with Crippen molar-refractivity contribution in [2.75, 3.05) is 5.32 Å². The molecule has 0 spiro atoms. The van der Waals surface area contributed by atoms with E-state index in [4.69, 9.17) is 16.0 Å². The Morgan fingerprint density at radius 1 is 1.23 bits per heavy atom. The van der Waals surface area contributed by atoms with Crippen LogP contribution in [0.2, 0.25) is 5.02 Å². The van der Waals surface area contributed by atoms with Crippen LogP contribution in [0, 0.1) is 10.1 Å². The fraction of sp³-hybridized carbons (Fsp3) is 0.150. The summed E-state index contributed by atoms with van der Waals surface area (Å²) in [6, 6.07) is 11.5. The van der Waals surface area contributed by atoms with Crippen molar-refractivity contribution < 1.29 is 27.7 Å². The van der Waals surface area contributed by atoms with E-state index in [0.29, 0.717) is 22.4 Å². The van der Waals surface area contributed by atoms with Gasteiger partial charge in [-0.2, -0.15) is 13.2 Å². The first-order valence-corrected chi connectivity index (χ1v) is 9.19. The lowest BCUT2D eigenvalue weighted by atomic mass is 10.0. The molecular weight excluding hydrogens is 439 g/mol. The first kappa shape index (κ1) is 22.2.